The standard InChI is InChI=1S/C12H8ClFN4O/c13-8-6-16-18(7-8)11-2-1-9(14)5-10(11)17-12(19)3-4-15/h1-2,5-7H,3H2,(H,17,19). The van der Waals surface area contributed by atoms with Crippen molar-refractivity contribution in [2.24, 2.45) is 0 Å². The van der Waals surface area contributed by atoms with Crippen molar-refractivity contribution >= 4 is 23.2 Å². The Kier molecular flexibility index (Phi) is 3.78. The molecule has 0 unspecified atom stereocenters. The third-order valence-corrected chi connectivity index (χ3v) is 2.47. The first-order chi connectivity index (χ1) is 9.10. The average Bonchev–Trinajstić information content (AvgIpc) is 2.76. The summed E-state index contributed by atoms with van der Waals surface area (Å²) in [4.78, 5) is 11.4. The van der Waals surface area contributed by atoms with Crippen LogP contribution in [0, 0.1) is 17.1 Å². The van der Waals surface area contributed by atoms with Gasteiger partial charge >= 0.3 is 0 Å². The molecule has 7 heteroatoms. The predicted octanol–water partition coefficient (Wildman–Crippen LogP) is 2.52. The first kappa shape index (κ1) is 13.1. The highest BCUT2D eigenvalue weighted by Crippen LogP contribution is 2.22. The van der Waals surface area contributed by atoms with Crippen LogP contribution in [0.5, 0.6) is 0 Å². The Balaban J connectivity index is 2.38. The molecule has 1 heterocycles. The molecule has 0 atom stereocenters. The Morgan fingerprint density at radius 2 is 2.37 bits per heavy atom. The summed E-state index contributed by atoms with van der Waals surface area (Å²) >= 11 is 5.76. The summed E-state index contributed by atoms with van der Waals surface area (Å²) in [5.74, 6) is -1.03. The maximum Gasteiger partial charge on any atom is 0.238 e. The van der Waals surface area contributed by atoms with Crippen LogP contribution < -0.4 is 5.32 Å². The molecule has 19 heavy (non-hydrogen) atoms. The fourth-order valence-electron chi connectivity index (χ4n) is 1.51. The monoisotopic (exact) mass is 278 g/mol. The molecule has 2 rings (SSSR count). The number of rotatable bonds is 3. The highest BCUT2D eigenvalue weighted by atomic mass is 35.5. The van der Waals surface area contributed by atoms with Crippen LogP contribution in [0.1, 0.15) is 6.42 Å². The van der Waals surface area contributed by atoms with Gasteiger partial charge in [0, 0.05) is 6.20 Å². The summed E-state index contributed by atoms with van der Waals surface area (Å²) in [6, 6.07) is 5.57. The molecule has 1 amide bonds. The van der Waals surface area contributed by atoms with Crippen molar-refractivity contribution in [1.29, 1.82) is 5.26 Å². The number of aromatic nitrogens is 2. The molecule has 0 aliphatic rings. The van der Waals surface area contributed by atoms with Gasteiger partial charge in [0.15, 0.2) is 0 Å². The molecular formula is C12H8ClFN4O. The first-order valence-corrected chi connectivity index (χ1v) is 5.65. The number of nitriles is 1. The van der Waals surface area contributed by atoms with Gasteiger partial charge in [0.25, 0.3) is 0 Å². The molecule has 0 saturated carbocycles. The minimum absolute atomic E-state index is 0.222. The SMILES string of the molecule is N#CCC(=O)Nc1cc(F)ccc1-n1cc(Cl)cn1. The summed E-state index contributed by atoms with van der Waals surface area (Å²) in [7, 11) is 0. The van der Waals surface area contributed by atoms with Gasteiger partial charge in [0.1, 0.15) is 12.2 Å². The van der Waals surface area contributed by atoms with Crippen LogP contribution in [-0.4, -0.2) is 15.7 Å². The highest BCUT2D eigenvalue weighted by Gasteiger charge is 2.10. The van der Waals surface area contributed by atoms with E-state index in [0.717, 1.165) is 6.07 Å². The molecule has 5 nitrogen and oxygen atoms in total. The van der Waals surface area contributed by atoms with E-state index in [0.29, 0.717) is 10.7 Å². The van der Waals surface area contributed by atoms with Crippen molar-refractivity contribution < 1.29 is 9.18 Å². The molecule has 0 saturated heterocycles. The lowest BCUT2D eigenvalue weighted by molar-refractivity contribution is -0.115. The van der Waals surface area contributed by atoms with Gasteiger partial charge in [-0.15, -0.1) is 0 Å². The molecule has 0 aliphatic heterocycles. The van der Waals surface area contributed by atoms with Gasteiger partial charge in [-0.2, -0.15) is 10.4 Å². The van der Waals surface area contributed by atoms with Crippen molar-refractivity contribution in [3.63, 3.8) is 0 Å². The zero-order valence-corrected chi connectivity index (χ0v) is 10.4. The number of nitrogens with zero attached hydrogens (tertiary/aromatic N) is 3. The van der Waals surface area contributed by atoms with Gasteiger partial charge in [-0.25, -0.2) is 9.07 Å². The maximum atomic E-state index is 13.2. The number of carbonyl (C=O) groups is 1. The zero-order chi connectivity index (χ0) is 13.8. The molecule has 2 aromatic rings. The van der Waals surface area contributed by atoms with E-state index in [4.69, 9.17) is 16.9 Å². The second-order valence-corrected chi connectivity index (χ2v) is 4.08. The number of halogens is 2. The fourth-order valence-corrected chi connectivity index (χ4v) is 1.64. The van der Waals surface area contributed by atoms with Crippen LogP contribution in [0.15, 0.2) is 30.6 Å². The number of nitrogens with one attached hydrogen (secondary N) is 1. The Bertz CT molecular complexity index is 662. The molecule has 0 radical (unpaired) electrons. The van der Waals surface area contributed by atoms with Gasteiger partial charge in [0.05, 0.1) is 28.7 Å². The van der Waals surface area contributed by atoms with Gasteiger partial charge in [-0.1, -0.05) is 11.6 Å². The van der Waals surface area contributed by atoms with E-state index in [9.17, 15) is 9.18 Å². The summed E-state index contributed by atoms with van der Waals surface area (Å²) in [5, 5.41) is 15.3. The summed E-state index contributed by atoms with van der Waals surface area (Å²) in [6.45, 7) is 0. The van der Waals surface area contributed by atoms with Gasteiger partial charge in [-0.05, 0) is 18.2 Å². The minimum Gasteiger partial charge on any atom is -0.323 e. The van der Waals surface area contributed by atoms with Gasteiger partial charge in [0.2, 0.25) is 5.91 Å². The summed E-state index contributed by atoms with van der Waals surface area (Å²) in [5.41, 5.74) is 0.680. The lowest BCUT2D eigenvalue weighted by atomic mass is 10.2. The van der Waals surface area contributed by atoms with Crippen LogP contribution in [0.4, 0.5) is 10.1 Å². The van der Waals surface area contributed by atoms with Crippen molar-refractivity contribution in [2.45, 2.75) is 6.42 Å². The Labute approximate surface area is 113 Å². The highest BCUT2D eigenvalue weighted by molar-refractivity contribution is 6.30. The van der Waals surface area contributed by atoms with E-state index < -0.39 is 11.7 Å². The Morgan fingerprint density at radius 1 is 1.58 bits per heavy atom. The molecule has 1 aromatic heterocycles. The Morgan fingerprint density at radius 3 is 3.00 bits per heavy atom. The van der Waals surface area contributed by atoms with E-state index in [1.165, 1.54) is 29.2 Å². The largest absolute Gasteiger partial charge is 0.323 e. The summed E-state index contributed by atoms with van der Waals surface area (Å²) < 4.78 is 14.6. The van der Waals surface area contributed by atoms with Crippen LogP contribution in [0.2, 0.25) is 5.02 Å². The number of amides is 1. The lowest BCUT2D eigenvalue weighted by Gasteiger charge is -2.10. The Hall–Kier alpha value is -2.39. The van der Waals surface area contributed by atoms with Crippen LogP contribution in [0.3, 0.4) is 0 Å². The molecule has 0 bridgehead atoms. The third-order valence-electron chi connectivity index (χ3n) is 2.27. The van der Waals surface area contributed by atoms with E-state index in [1.807, 2.05) is 0 Å². The first-order valence-electron chi connectivity index (χ1n) is 5.27. The topological polar surface area (TPSA) is 70.7 Å². The number of hydrogen-bond donors (Lipinski definition) is 1. The number of carbonyl (C=O) groups excluding carboxylic acids is 1. The summed E-state index contributed by atoms with van der Waals surface area (Å²) in [6.07, 6.45) is 2.64. The fraction of sp³-hybridized carbons (Fsp3) is 0.0833. The third kappa shape index (κ3) is 3.09. The molecular weight excluding hydrogens is 271 g/mol. The molecule has 0 fully saturated rings. The van der Waals surface area contributed by atoms with Crippen LogP contribution in [0.25, 0.3) is 5.69 Å². The van der Waals surface area contributed by atoms with E-state index in [1.54, 1.807) is 6.07 Å². The second kappa shape index (κ2) is 5.50. The normalized spacial score (nSPS) is 9.95. The second-order valence-electron chi connectivity index (χ2n) is 3.65. The van der Waals surface area contributed by atoms with Gasteiger partial charge in [-0.3, -0.25) is 4.79 Å². The van der Waals surface area contributed by atoms with Crippen molar-refractivity contribution in [1.82, 2.24) is 9.78 Å². The van der Waals surface area contributed by atoms with Crippen molar-refractivity contribution in [3.05, 3.63) is 41.4 Å². The molecule has 1 N–H and O–H groups in total. The number of benzene rings is 1. The molecule has 1 aromatic carbocycles. The zero-order valence-electron chi connectivity index (χ0n) is 9.60. The predicted molar refractivity (Wildman–Crippen MR) is 67.4 cm³/mol. The number of anilines is 1. The van der Waals surface area contributed by atoms with E-state index in [2.05, 4.69) is 10.4 Å². The number of hydrogen-bond acceptors (Lipinski definition) is 3. The van der Waals surface area contributed by atoms with Gasteiger partial charge < -0.3 is 5.32 Å². The maximum absolute atomic E-state index is 13.2. The van der Waals surface area contributed by atoms with Crippen molar-refractivity contribution in [3.8, 4) is 11.8 Å². The quantitative estimate of drug-likeness (QED) is 0.938. The average molecular weight is 279 g/mol. The lowest BCUT2D eigenvalue weighted by Crippen LogP contribution is -2.13. The van der Waals surface area contributed by atoms with Crippen molar-refractivity contribution in [2.75, 3.05) is 5.32 Å². The van der Waals surface area contributed by atoms with E-state index in [-0.39, 0.29) is 12.1 Å². The smallest absolute Gasteiger partial charge is 0.238 e. The molecule has 96 valence electrons. The van der Waals surface area contributed by atoms with Crippen LogP contribution >= 0.6 is 11.6 Å². The minimum atomic E-state index is -0.521. The van der Waals surface area contributed by atoms with Crippen LogP contribution in [-0.2, 0) is 4.79 Å². The molecule has 0 spiro atoms. The molecule has 0 aliphatic carbocycles. The van der Waals surface area contributed by atoms with E-state index >= 15 is 0 Å².